The van der Waals surface area contributed by atoms with Crippen LogP contribution in [0.3, 0.4) is 0 Å². The summed E-state index contributed by atoms with van der Waals surface area (Å²) >= 11 is 0. The summed E-state index contributed by atoms with van der Waals surface area (Å²) in [7, 11) is 0. The number of carboxylic acids is 1. The summed E-state index contributed by atoms with van der Waals surface area (Å²) < 4.78 is 0. The van der Waals surface area contributed by atoms with Gasteiger partial charge in [-0.1, -0.05) is 25.0 Å². The van der Waals surface area contributed by atoms with Gasteiger partial charge in [-0.3, -0.25) is 4.79 Å². The van der Waals surface area contributed by atoms with E-state index in [2.05, 4.69) is 11.1 Å². The Bertz CT molecular complexity index is 589. The summed E-state index contributed by atoms with van der Waals surface area (Å²) in [6, 6.07) is 5.27. The van der Waals surface area contributed by atoms with Crippen LogP contribution in [-0.2, 0) is 4.79 Å². The van der Waals surface area contributed by atoms with Crippen LogP contribution in [0, 0.1) is 6.92 Å². The summed E-state index contributed by atoms with van der Waals surface area (Å²) in [5.41, 5.74) is 9.05. The third kappa shape index (κ3) is 2.63. The molecule has 0 radical (unpaired) electrons. The van der Waals surface area contributed by atoms with E-state index in [1.54, 1.807) is 0 Å². The molecule has 1 aromatic carbocycles. The number of fused-ring (bicyclic) bond motifs is 1. The van der Waals surface area contributed by atoms with E-state index < -0.39 is 12.0 Å². The predicted octanol–water partition coefficient (Wildman–Crippen LogP) is 2.77. The van der Waals surface area contributed by atoms with Crippen LogP contribution in [0.15, 0.2) is 24.4 Å². The van der Waals surface area contributed by atoms with Crippen LogP contribution in [0.5, 0.6) is 0 Å². The van der Waals surface area contributed by atoms with Gasteiger partial charge in [0.05, 0.1) is 0 Å². The number of hydrogen-bond donors (Lipinski definition) is 3. The molecule has 0 bridgehead atoms. The van der Waals surface area contributed by atoms with Crippen molar-refractivity contribution in [3.05, 3.63) is 35.5 Å². The maximum absolute atomic E-state index is 11.2. The minimum Gasteiger partial charge on any atom is -0.480 e. The molecule has 0 saturated carbocycles. The van der Waals surface area contributed by atoms with Gasteiger partial charge in [-0.25, -0.2) is 0 Å². The molecule has 4 N–H and O–H groups in total. The van der Waals surface area contributed by atoms with Gasteiger partial charge in [0.15, 0.2) is 0 Å². The zero-order valence-corrected chi connectivity index (χ0v) is 11.3. The zero-order valence-electron chi connectivity index (χ0n) is 11.3. The highest BCUT2D eigenvalue weighted by atomic mass is 16.4. The summed E-state index contributed by atoms with van der Waals surface area (Å²) in [4.78, 5) is 14.4. The fourth-order valence-electron chi connectivity index (χ4n) is 2.57. The predicted molar refractivity (Wildman–Crippen MR) is 76.3 cm³/mol. The number of carbonyl (C=O) groups is 1. The molecule has 1 heterocycles. The summed E-state index contributed by atoms with van der Waals surface area (Å²) in [5, 5.41) is 10.2. The first-order chi connectivity index (χ1) is 9.04. The summed E-state index contributed by atoms with van der Waals surface area (Å²) in [5.74, 6) is -1.10. The lowest BCUT2D eigenvalue weighted by Gasteiger charge is -2.20. The number of rotatable bonds is 5. The molecule has 0 aliphatic heterocycles. The highest BCUT2D eigenvalue weighted by Crippen LogP contribution is 2.31. The van der Waals surface area contributed by atoms with Gasteiger partial charge in [0.2, 0.25) is 0 Å². The summed E-state index contributed by atoms with van der Waals surface area (Å²) in [6.07, 6.45) is 3.58. The first kappa shape index (κ1) is 13.6. The molecule has 0 spiro atoms. The number of aryl methyl sites for hydroxylation is 1. The van der Waals surface area contributed by atoms with Crippen LogP contribution in [0.2, 0.25) is 0 Å². The molecule has 0 aliphatic rings. The normalized spacial score (nSPS) is 14.5. The van der Waals surface area contributed by atoms with Crippen LogP contribution in [0.25, 0.3) is 10.9 Å². The molecule has 0 amide bonds. The number of benzene rings is 1. The fourth-order valence-corrected chi connectivity index (χ4v) is 2.57. The Balaban J connectivity index is 2.49. The van der Waals surface area contributed by atoms with Crippen molar-refractivity contribution >= 4 is 16.9 Å². The van der Waals surface area contributed by atoms with Crippen molar-refractivity contribution in [3.8, 4) is 0 Å². The van der Waals surface area contributed by atoms with Gasteiger partial charge in [-0.15, -0.1) is 0 Å². The molecule has 0 saturated heterocycles. The summed E-state index contributed by atoms with van der Waals surface area (Å²) in [6.45, 7) is 4.07. The van der Waals surface area contributed by atoms with Crippen molar-refractivity contribution < 1.29 is 9.90 Å². The first-order valence-corrected chi connectivity index (χ1v) is 6.60. The van der Waals surface area contributed by atoms with Gasteiger partial charge in [-0.05, 0) is 31.0 Å². The van der Waals surface area contributed by atoms with Crippen molar-refractivity contribution in [3.63, 3.8) is 0 Å². The molecule has 4 heteroatoms. The van der Waals surface area contributed by atoms with Crippen molar-refractivity contribution in [1.29, 1.82) is 0 Å². The SMILES string of the molecule is CCCC(c1c[nH]c2ccc(C)cc12)[C@H](N)C(=O)O. The van der Waals surface area contributed by atoms with Gasteiger partial charge in [0, 0.05) is 23.0 Å². The number of nitrogens with two attached hydrogens (primary N) is 1. The van der Waals surface area contributed by atoms with E-state index in [1.165, 1.54) is 0 Å². The van der Waals surface area contributed by atoms with Gasteiger partial charge in [-0.2, -0.15) is 0 Å². The highest BCUT2D eigenvalue weighted by Gasteiger charge is 2.27. The number of hydrogen-bond acceptors (Lipinski definition) is 2. The largest absolute Gasteiger partial charge is 0.480 e. The molecule has 1 aromatic heterocycles. The molecule has 1 unspecified atom stereocenters. The van der Waals surface area contributed by atoms with Gasteiger partial charge < -0.3 is 15.8 Å². The Morgan fingerprint density at radius 3 is 2.84 bits per heavy atom. The molecular formula is C15H20N2O2. The first-order valence-electron chi connectivity index (χ1n) is 6.60. The molecule has 0 fully saturated rings. The Kier molecular flexibility index (Phi) is 3.90. The molecule has 19 heavy (non-hydrogen) atoms. The second kappa shape index (κ2) is 5.45. The maximum Gasteiger partial charge on any atom is 0.321 e. The minimum absolute atomic E-state index is 0.155. The number of nitrogens with one attached hydrogen (secondary N) is 1. The Morgan fingerprint density at radius 2 is 2.21 bits per heavy atom. The Hall–Kier alpha value is -1.81. The van der Waals surface area contributed by atoms with E-state index in [4.69, 9.17) is 10.8 Å². The monoisotopic (exact) mass is 260 g/mol. The molecule has 102 valence electrons. The van der Waals surface area contributed by atoms with Crippen molar-refractivity contribution in [2.45, 2.75) is 38.6 Å². The molecule has 2 aromatic rings. The van der Waals surface area contributed by atoms with Crippen molar-refractivity contribution in [2.24, 2.45) is 5.73 Å². The van der Waals surface area contributed by atoms with Crippen LogP contribution in [0.1, 0.15) is 36.8 Å². The smallest absolute Gasteiger partial charge is 0.321 e. The second-order valence-electron chi connectivity index (χ2n) is 5.05. The minimum atomic E-state index is -0.944. The van der Waals surface area contributed by atoms with Crippen LogP contribution in [0.4, 0.5) is 0 Å². The van der Waals surface area contributed by atoms with Gasteiger partial charge in [0.25, 0.3) is 0 Å². The second-order valence-corrected chi connectivity index (χ2v) is 5.05. The van der Waals surface area contributed by atoms with Crippen LogP contribution in [-0.4, -0.2) is 22.1 Å². The van der Waals surface area contributed by atoms with Crippen LogP contribution >= 0.6 is 0 Å². The standard InChI is InChI=1S/C15H20N2O2/c1-3-4-10(14(16)15(18)19)12-8-17-13-6-5-9(2)7-11(12)13/h5-8,10,14,17H,3-4,16H2,1-2H3,(H,18,19)/t10?,14-/m0/s1. The third-order valence-electron chi connectivity index (χ3n) is 3.59. The average Bonchev–Trinajstić information content (AvgIpc) is 2.77. The number of carboxylic acid groups (broad SMARTS) is 1. The number of aliphatic carboxylic acids is 1. The Labute approximate surface area is 112 Å². The molecule has 2 atom stereocenters. The molecule has 4 nitrogen and oxygen atoms in total. The van der Waals surface area contributed by atoms with E-state index in [-0.39, 0.29) is 5.92 Å². The third-order valence-corrected chi connectivity index (χ3v) is 3.59. The van der Waals surface area contributed by atoms with E-state index >= 15 is 0 Å². The maximum atomic E-state index is 11.2. The van der Waals surface area contributed by atoms with E-state index in [1.807, 2.05) is 32.2 Å². The average molecular weight is 260 g/mol. The lowest BCUT2D eigenvalue weighted by molar-refractivity contribution is -0.139. The lowest BCUT2D eigenvalue weighted by atomic mass is 9.87. The molecular weight excluding hydrogens is 240 g/mol. The number of aromatic amines is 1. The zero-order chi connectivity index (χ0) is 14.0. The number of H-pyrrole nitrogens is 1. The quantitative estimate of drug-likeness (QED) is 0.773. The number of aromatic nitrogens is 1. The topological polar surface area (TPSA) is 79.1 Å². The van der Waals surface area contributed by atoms with Crippen molar-refractivity contribution in [1.82, 2.24) is 4.98 Å². The van der Waals surface area contributed by atoms with E-state index in [0.717, 1.165) is 34.9 Å². The lowest BCUT2D eigenvalue weighted by Crippen LogP contribution is -2.36. The Morgan fingerprint density at radius 1 is 1.47 bits per heavy atom. The van der Waals surface area contributed by atoms with E-state index in [0.29, 0.717) is 0 Å². The van der Waals surface area contributed by atoms with Gasteiger partial charge in [0.1, 0.15) is 6.04 Å². The fraction of sp³-hybridized carbons (Fsp3) is 0.400. The van der Waals surface area contributed by atoms with Crippen LogP contribution < -0.4 is 5.73 Å². The van der Waals surface area contributed by atoms with Crippen molar-refractivity contribution in [2.75, 3.05) is 0 Å². The molecule has 2 rings (SSSR count). The highest BCUT2D eigenvalue weighted by molar-refractivity contribution is 5.86. The van der Waals surface area contributed by atoms with E-state index in [9.17, 15) is 4.79 Å². The molecule has 0 aliphatic carbocycles. The van der Waals surface area contributed by atoms with Gasteiger partial charge >= 0.3 is 5.97 Å².